The number of carbonyl (C=O) groups excluding carboxylic acids is 3. The van der Waals surface area contributed by atoms with Crippen LogP contribution in [0.25, 0.3) is 0 Å². The lowest BCUT2D eigenvalue weighted by Gasteiger charge is -2.71. The van der Waals surface area contributed by atoms with Crippen LogP contribution >= 0.6 is 0 Å². The van der Waals surface area contributed by atoms with Crippen molar-refractivity contribution in [2.75, 3.05) is 6.54 Å². The summed E-state index contributed by atoms with van der Waals surface area (Å²) in [5.74, 6) is -1.43. The quantitative estimate of drug-likeness (QED) is 0.386. The molecule has 0 aromatic rings. The molecule has 0 heterocycles. The van der Waals surface area contributed by atoms with E-state index in [-0.39, 0.29) is 45.7 Å². The smallest absolute Gasteiger partial charge is 0.346 e. The van der Waals surface area contributed by atoms with Crippen LogP contribution in [-0.2, 0) is 14.4 Å². The second-order valence-electron chi connectivity index (χ2n) is 16.1. The average Bonchev–Trinajstić information content (AvgIpc) is 2.85. The van der Waals surface area contributed by atoms with Gasteiger partial charge in [0.15, 0.2) is 5.78 Å². The van der Waals surface area contributed by atoms with Crippen LogP contribution in [0, 0.1) is 67.5 Å². The largest absolute Gasteiger partial charge is 0.405 e. The van der Waals surface area contributed by atoms with Crippen LogP contribution < -0.4 is 5.32 Å². The zero-order chi connectivity index (χ0) is 30.6. The number of nitrogens with zero attached hydrogens (tertiary/aromatic N) is 1. The molecule has 226 valence electrons. The lowest BCUT2D eigenvalue weighted by Crippen LogP contribution is -2.69. The van der Waals surface area contributed by atoms with Gasteiger partial charge in [0, 0.05) is 17.8 Å². The van der Waals surface area contributed by atoms with Crippen molar-refractivity contribution in [1.29, 1.82) is 5.26 Å². The minimum Gasteiger partial charge on any atom is -0.346 e. The Hall–Kier alpha value is -2.17. The first-order valence-corrected chi connectivity index (χ1v) is 15.2. The number of hydrogen-bond acceptors (Lipinski definition) is 4. The topological polar surface area (TPSA) is 87.0 Å². The number of amides is 1. The van der Waals surface area contributed by atoms with Crippen LogP contribution in [0.4, 0.5) is 13.2 Å². The van der Waals surface area contributed by atoms with Crippen molar-refractivity contribution in [3.63, 3.8) is 0 Å². The van der Waals surface area contributed by atoms with Gasteiger partial charge < -0.3 is 5.32 Å². The van der Waals surface area contributed by atoms with Crippen molar-refractivity contribution in [3.8, 4) is 6.07 Å². The van der Waals surface area contributed by atoms with E-state index in [0.717, 1.165) is 19.3 Å². The molecule has 41 heavy (non-hydrogen) atoms. The number of nitriles is 1. The van der Waals surface area contributed by atoms with Crippen LogP contribution in [0.3, 0.4) is 0 Å². The standard InChI is InChI=1S/C33H45F3N2O3/c1-27(2)10-12-32(26(41)38-18-33(34,35)36)13-11-31(7)24(20(32)16-27)21(39)14-23-29(5)15-19(17-37)25(40)28(3,4)22(29)8-9-30(23,31)6/h15,20,22-24H,8-14,16,18H2,1-7H3,(H,38,41)/t20?,22?,23-,24?,29+,30-,31-,32+/m1/s1. The Morgan fingerprint density at radius 2 is 1.61 bits per heavy atom. The van der Waals surface area contributed by atoms with Gasteiger partial charge in [-0.1, -0.05) is 54.5 Å². The number of alkyl halides is 3. The third-order valence-electron chi connectivity index (χ3n) is 13.4. The predicted molar refractivity (Wildman–Crippen MR) is 148 cm³/mol. The molecule has 4 fully saturated rings. The Morgan fingerprint density at radius 1 is 0.976 bits per heavy atom. The molecule has 0 radical (unpaired) electrons. The maximum absolute atomic E-state index is 14.5. The Kier molecular flexibility index (Phi) is 6.59. The molecule has 5 aliphatic carbocycles. The fourth-order valence-corrected chi connectivity index (χ4v) is 11.1. The van der Waals surface area contributed by atoms with Crippen molar-refractivity contribution < 1.29 is 27.6 Å². The zero-order valence-electron chi connectivity index (χ0n) is 25.6. The van der Waals surface area contributed by atoms with Gasteiger partial charge in [0.1, 0.15) is 18.4 Å². The Labute approximate surface area is 242 Å². The molecule has 8 atom stereocenters. The van der Waals surface area contributed by atoms with Gasteiger partial charge in [-0.05, 0) is 84.4 Å². The maximum Gasteiger partial charge on any atom is 0.405 e. The molecule has 5 aliphatic rings. The first-order valence-electron chi connectivity index (χ1n) is 15.2. The highest BCUT2D eigenvalue weighted by Gasteiger charge is 2.73. The Balaban J connectivity index is 1.59. The number of ketones is 2. The summed E-state index contributed by atoms with van der Waals surface area (Å²) in [4.78, 5) is 41.4. The maximum atomic E-state index is 14.5. The van der Waals surface area contributed by atoms with Crippen LogP contribution in [0.2, 0.25) is 0 Å². The van der Waals surface area contributed by atoms with Gasteiger partial charge in [0.2, 0.25) is 5.91 Å². The summed E-state index contributed by atoms with van der Waals surface area (Å²) in [6.45, 7) is 13.4. The molecule has 4 saturated carbocycles. The third-order valence-corrected chi connectivity index (χ3v) is 13.4. The molecule has 8 heteroatoms. The molecule has 5 rings (SSSR count). The Morgan fingerprint density at radius 3 is 2.22 bits per heavy atom. The fraction of sp³-hybridized carbons (Fsp3) is 0.818. The molecule has 5 nitrogen and oxygen atoms in total. The summed E-state index contributed by atoms with van der Waals surface area (Å²) in [7, 11) is 0. The van der Waals surface area contributed by atoms with E-state index in [2.05, 4.69) is 46.0 Å². The van der Waals surface area contributed by atoms with Crippen molar-refractivity contribution in [2.24, 2.45) is 56.2 Å². The van der Waals surface area contributed by atoms with Crippen molar-refractivity contribution in [1.82, 2.24) is 5.32 Å². The minimum atomic E-state index is -4.50. The molecule has 0 bridgehead atoms. The van der Waals surface area contributed by atoms with Gasteiger partial charge in [-0.2, -0.15) is 18.4 Å². The van der Waals surface area contributed by atoms with Crippen LogP contribution in [-0.4, -0.2) is 30.2 Å². The summed E-state index contributed by atoms with van der Waals surface area (Å²) in [5, 5.41) is 12.1. The molecule has 0 spiro atoms. The third kappa shape index (κ3) is 4.10. The number of rotatable bonds is 2. The van der Waals surface area contributed by atoms with Crippen LogP contribution in [0.5, 0.6) is 0 Å². The van der Waals surface area contributed by atoms with E-state index >= 15 is 0 Å². The van der Waals surface area contributed by atoms with Gasteiger partial charge in [0.25, 0.3) is 0 Å². The predicted octanol–water partition coefficient (Wildman–Crippen LogP) is 6.96. The molecular formula is C33H45F3N2O3. The fourth-order valence-electron chi connectivity index (χ4n) is 11.1. The first kappa shape index (κ1) is 30.3. The molecule has 1 amide bonds. The normalized spacial score (nSPS) is 44.8. The summed E-state index contributed by atoms with van der Waals surface area (Å²) in [5.41, 5.74) is -2.95. The Bertz CT molecular complexity index is 1260. The number of carbonyl (C=O) groups is 3. The van der Waals surface area contributed by atoms with Gasteiger partial charge in [0.05, 0.1) is 11.0 Å². The highest BCUT2D eigenvalue weighted by atomic mass is 19.4. The van der Waals surface area contributed by atoms with E-state index in [1.165, 1.54) is 0 Å². The summed E-state index contributed by atoms with van der Waals surface area (Å²) >= 11 is 0. The van der Waals surface area contributed by atoms with Gasteiger partial charge in [-0.15, -0.1) is 0 Å². The molecule has 3 unspecified atom stereocenters. The SMILES string of the molecule is CC1(C)CC[C@]2(C(=O)NCC(F)(F)F)CC[C@]3(C)C(C(=O)C[C@@H]4[C@@]5(C)C=C(C#N)C(=O)C(C)(C)C5CC[C@]43C)C2C1. The van der Waals surface area contributed by atoms with E-state index < -0.39 is 46.2 Å². The average molecular weight is 575 g/mol. The zero-order valence-corrected chi connectivity index (χ0v) is 25.6. The van der Waals surface area contributed by atoms with E-state index in [9.17, 15) is 32.8 Å². The molecule has 0 aromatic heterocycles. The summed E-state index contributed by atoms with van der Waals surface area (Å²) in [6.07, 6.45) is 2.16. The van der Waals surface area contributed by atoms with E-state index in [1.807, 2.05) is 19.9 Å². The van der Waals surface area contributed by atoms with Crippen LogP contribution in [0.1, 0.15) is 99.8 Å². The molecule has 0 saturated heterocycles. The van der Waals surface area contributed by atoms with Gasteiger partial charge in [-0.25, -0.2) is 0 Å². The van der Waals surface area contributed by atoms with Gasteiger partial charge in [-0.3, -0.25) is 14.4 Å². The van der Waals surface area contributed by atoms with Crippen molar-refractivity contribution in [3.05, 3.63) is 11.6 Å². The number of Topliss-reactive ketones (excluding diaryl/α,β-unsaturated/α-hetero) is 2. The number of halogens is 3. The van der Waals surface area contributed by atoms with E-state index in [0.29, 0.717) is 32.1 Å². The highest BCUT2D eigenvalue weighted by Crippen LogP contribution is 2.75. The van der Waals surface area contributed by atoms with E-state index in [1.54, 1.807) is 0 Å². The lowest BCUT2D eigenvalue weighted by atomic mass is 9.31. The monoisotopic (exact) mass is 574 g/mol. The molecule has 0 aliphatic heterocycles. The van der Waals surface area contributed by atoms with Crippen molar-refractivity contribution in [2.45, 2.75) is 106 Å². The lowest BCUT2D eigenvalue weighted by molar-refractivity contribution is -0.222. The number of fused-ring (bicyclic) bond motifs is 7. The molecule has 0 aromatic carbocycles. The second-order valence-corrected chi connectivity index (χ2v) is 16.1. The number of nitrogens with one attached hydrogen (secondary N) is 1. The summed E-state index contributed by atoms with van der Waals surface area (Å²) in [6, 6.07) is 2.14. The summed E-state index contributed by atoms with van der Waals surface area (Å²) < 4.78 is 39.4. The number of allylic oxidation sites excluding steroid dienone is 2. The van der Waals surface area contributed by atoms with Crippen molar-refractivity contribution >= 4 is 17.5 Å². The minimum absolute atomic E-state index is 0.00457. The number of hydrogen-bond donors (Lipinski definition) is 1. The highest BCUT2D eigenvalue weighted by molar-refractivity contribution is 6.04. The van der Waals surface area contributed by atoms with Gasteiger partial charge >= 0.3 is 6.18 Å². The second kappa shape index (κ2) is 8.92. The molecular weight excluding hydrogens is 529 g/mol. The van der Waals surface area contributed by atoms with E-state index in [4.69, 9.17) is 0 Å². The van der Waals surface area contributed by atoms with Crippen LogP contribution in [0.15, 0.2) is 11.6 Å². The first-order chi connectivity index (χ1) is 18.7. The molecule has 1 N–H and O–H groups in total.